The van der Waals surface area contributed by atoms with Gasteiger partial charge in [-0.1, -0.05) is 12.2 Å². The molecule has 1 amide bonds. The van der Waals surface area contributed by atoms with Gasteiger partial charge in [0.1, 0.15) is 0 Å². The van der Waals surface area contributed by atoms with Crippen molar-refractivity contribution in [3.8, 4) is 0 Å². The lowest BCUT2D eigenvalue weighted by Crippen LogP contribution is -2.36. The molecule has 3 N–H and O–H groups in total. The summed E-state index contributed by atoms with van der Waals surface area (Å²) in [4.78, 5) is 10.5. The molecule has 9 heavy (non-hydrogen) atoms. The molecule has 50 valence electrons. The van der Waals surface area contributed by atoms with Gasteiger partial charge in [-0.2, -0.15) is 0 Å². The fourth-order valence-electron chi connectivity index (χ4n) is 0.902. The topological polar surface area (TPSA) is 55.1 Å². The van der Waals surface area contributed by atoms with Crippen molar-refractivity contribution >= 4 is 5.91 Å². The first-order valence-corrected chi connectivity index (χ1v) is 2.89. The number of hydrogen-bond donors (Lipinski definition) is 2. The quantitative estimate of drug-likeness (QED) is 0.460. The summed E-state index contributed by atoms with van der Waals surface area (Å²) in [6.45, 7) is 4.45. The predicted octanol–water partition coefficient (Wildman–Crippen LogP) is -0.610. The van der Waals surface area contributed by atoms with Crippen molar-refractivity contribution in [2.75, 3.05) is 6.54 Å². The van der Waals surface area contributed by atoms with Gasteiger partial charge in [0, 0.05) is 6.54 Å². The highest BCUT2D eigenvalue weighted by atomic mass is 16.1. The van der Waals surface area contributed by atoms with Crippen molar-refractivity contribution in [2.24, 2.45) is 5.73 Å². The van der Waals surface area contributed by atoms with Crippen molar-refractivity contribution in [3.05, 3.63) is 12.2 Å². The van der Waals surface area contributed by atoms with Crippen LogP contribution in [0.4, 0.5) is 0 Å². The lowest BCUT2D eigenvalue weighted by Gasteiger charge is -2.00. The lowest BCUT2D eigenvalue weighted by molar-refractivity contribution is -0.119. The molecule has 0 aromatic heterocycles. The van der Waals surface area contributed by atoms with E-state index in [2.05, 4.69) is 11.9 Å². The normalized spacial score (nSPS) is 26.7. The van der Waals surface area contributed by atoms with Gasteiger partial charge in [0.25, 0.3) is 0 Å². The zero-order valence-corrected chi connectivity index (χ0v) is 5.18. The summed E-state index contributed by atoms with van der Waals surface area (Å²) in [5.41, 5.74) is 6.07. The number of amides is 1. The van der Waals surface area contributed by atoms with Crippen molar-refractivity contribution in [1.29, 1.82) is 0 Å². The number of primary amides is 1. The molecule has 0 aromatic carbocycles. The molecule has 1 aliphatic rings. The Hall–Kier alpha value is -0.830. The largest absolute Gasteiger partial charge is 0.368 e. The standard InChI is InChI=1S/C6H10N2O/c1-4-2-5(6(7)9)8-3-4/h5,8H,1-3H2,(H2,7,9). The maximum atomic E-state index is 10.5. The number of carbonyl (C=O) groups is 1. The minimum atomic E-state index is -0.284. The fraction of sp³-hybridized carbons (Fsp3) is 0.500. The first-order valence-electron chi connectivity index (χ1n) is 2.89. The molecular weight excluding hydrogens is 116 g/mol. The molecule has 1 fully saturated rings. The van der Waals surface area contributed by atoms with E-state index in [1.807, 2.05) is 0 Å². The summed E-state index contributed by atoms with van der Waals surface area (Å²) >= 11 is 0. The summed E-state index contributed by atoms with van der Waals surface area (Å²) in [7, 11) is 0. The van der Waals surface area contributed by atoms with Gasteiger partial charge < -0.3 is 11.1 Å². The van der Waals surface area contributed by atoms with E-state index in [1.165, 1.54) is 0 Å². The number of carbonyl (C=O) groups excluding carboxylic acids is 1. The zero-order valence-electron chi connectivity index (χ0n) is 5.18. The first kappa shape index (κ1) is 6.29. The minimum absolute atomic E-state index is 0.169. The van der Waals surface area contributed by atoms with Crippen LogP contribution in [-0.4, -0.2) is 18.5 Å². The Morgan fingerprint density at radius 3 is 2.78 bits per heavy atom. The van der Waals surface area contributed by atoms with Crippen LogP contribution >= 0.6 is 0 Å². The summed E-state index contributed by atoms with van der Waals surface area (Å²) in [5.74, 6) is -0.284. The Morgan fingerprint density at radius 1 is 1.89 bits per heavy atom. The van der Waals surface area contributed by atoms with Gasteiger partial charge in [-0.3, -0.25) is 4.79 Å². The summed E-state index contributed by atoms with van der Waals surface area (Å²) in [5, 5.41) is 2.93. The van der Waals surface area contributed by atoms with Gasteiger partial charge in [0.05, 0.1) is 6.04 Å². The van der Waals surface area contributed by atoms with E-state index in [0.717, 1.165) is 12.1 Å². The molecule has 3 heteroatoms. The lowest BCUT2D eigenvalue weighted by atomic mass is 10.2. The second kappa shape index (κ2) is 2.19. The van der Waals surface area contributed by atoms with Crippen LogP contribution in [0.1, 0.15) is 6.42 Å². The SMILES string of the molecule is C=C1CNC(C(N)=O)C1. The molecule has 3 nitrogen and oxygen atoms in total. The Labute approximate surface area is 53.9 Å². The van der Waals surface area contributed by atoms with Crippen LogP contribution in [0.3, 0.4) is 0 Å². The van der Waals surface area contributed by atoms with E-state index in [4.69, 9.17) is 5.73 Å². The molecular formula is C6H10N2O. The molecule has 0 spiro atoms. The summed E-state index contributed by atoms with van der Waals surface area (Å²) in [6, 6.07) is -0.169. The summed E-state index contributed by atoms with van der Waals surface area (Å²) in [6.07, 6.45) is 0.704. The molecule has 0 aliphatic carbocycles. The Bertz CT molecular complexity index is 153. The second-order valence-corrected chi connectivity index (χ2v) is 2.29. The monoisotopic (exact) mass is 126 g/mol. The summed E-state index contributed by atoms with van der Waals surface area (Å²) < 4.78 is 0. The fourth-order valence-corrected chi connectivity index (χ4v) is 0.902. The highest BCUT2D eigenvalue weighted by Gasteiger charge is 2.21. The molecule has 1 heterocycles. The van der Waals surface area contributed by atoms with Crippen LogP contribution < -0.4 is 11.1 Å². The Balaban J connectivity index is 2.48. The van der Waals surface area contributed by atoms with E-state index >= 15 is 0 Å². The van der Waals surface area contributed by atoms with E-state index in [1.54, 1.807) is 0 Å². The smallest absolute Gasteiger partial charge is 0.234 e. The molecule has 1 saturated heterocycles. The maximum Gasteiger partial charge on any atom is 0.234 e. The van der Waals surface area contributed by atoms with Crippen LogP contribution in [-0.2, 0) is 4.79 Å². The molecule has 0 radical (unpaired) electrons. The zero-order chi connectivity index (χ0) is 6.85. The molecule has 1 atom stereocenters. The van der Waals surface area contributed by atoms with Crippen LogP contribution in [0.2, 0.25) is 0 Å². The van der Waals surface area contributed by atoms with Gasteiger partial charge in [0.15, 0.2) is 0 Å². The second-order valence-electron chi connectivity index (χ2n) is 2.29. The van der Waals surface area contributed by atoms with Crippen LogP contribution in [0.15, 0.2) is 12.2 Å². The average Bonchev–Trinajstić information content (AvgIpc) is 2.14. The van der Waals surface area contributed by atoms with Crippen molar-refractivity contribution in [1.82, 2.24) is 5.32 Å². The number of rotatable bonds is 1. The number of hydrogen-bond acceptors (Lipinski definition) is 2. The van der Waals surface area contributed by atoms with E-state index < -0.39 is 0 Å². The van der Waals surface area contributed by atoms with E-state index in [0.29, 0.717) is 6.42 Å². The third-order valence-electron chi connectivity index (χ3n) is 1.43. The molecule has 0 aromatic rings. The van der Waals surface area contributed by atoms with Crippen LogP contribution in [0.25, 0.3) is 0 Å². The third kappa shape index (κ3) is 1.29. The minimum Gasteiger partial charge on any atom is -0.368 e. The predicted molar refractivity (Wildman–Crippen MR) is 34.7 cm³/mol. The van der Waals surface area contributed by atoms with E-state index in [-0.39, 0.29) is 11.9 Å². The molecule has 1 rings (SSSR count). The average molecular weight is 126 g/mol. The number of nitrogens with one attached hydrogen (secondary N) is 1. The van der Waals surface area contributed by atoms with E-state index in [9.17, 15) is 4.79 Å². The van der Waals surface area contributed by atoms with Crippen molar-refractivity contribution < 1.29 is 4.79 Å². The number of nitrogens with two attached hydrogens (primary N) is 1. The third-order valence-corrected chi connectivity index (χ3v) is 1.43. The van der Waals surface area contributed by atoms with Gasteiger partial charge in [-0.25, -0.2) is 0 Å². The Kier molecular flexibility index (Phi) is 1.53. The molecule has 0 saturated carbocycles. The van der Waals surface area contributed by atoms with Gasteiger partial charge in [0.2, 0.25) is 5.91 Å². The van der Waals surface area contributed by atoms with Crippen LogP contribution in [0.5, 0.6) is 0 Å². The van der Waals surface area contributed by atoms with Crippen molar-refractivity contribution in [2.45, 2.75) is 12.5 Å². The maximum absolute atomic E-state index is 10.5. The first-order chi connectivity index (χ1) is 4.20. The van der Waals surface area contributed by atoms with Crippen molar-refractivity contribution in [3.63, 3.8) is 0 Å². The van der Waals surface area contributed by atoms with Gasteiger partial charge >= 0.3 is 0 Å². The Morgan fingerprint density at radius 2 is 2.56 bits per heavy atom. The van der Waals surface area contributed by atoms with Crippen LogP contribution in [0, 0.1) is 0 Å². The highest BCUT2D eigenvalue weighted by Crippen LogP contribution is 2.08. The highest BCUT2D eigenvalue weighted by molar-refractivity contribution is 5.80. The molecule has 1 aliphatic heterocycles. The van der Waals surface area contributed by atoms with Gasteiger partial charge in [-0.15, -0.1) is 0 Å². The molecule has 0 bridgehead atoms. The molecule has 1 unspecified atom stereocenters. The van der Waals surface area contributed by atoms with Gasteiger partial charge in [-0.05, 0) is 6.42 Å².